The predicted molar refractivity (Wildman–Crippen MR) is 84.6 cm³/mol. The first-order valence-electron chi connectivity index (χ1n) is 5.86. The topological polar surface area (TPSA) is 29.1 Å². The summed E-state index contributed by atoms with van der Waals surface area (Å²) in [6.45, 7) is 1.92. The SMILES string of the molecule is CSc1ccccc1NC(=O)c1cc(S)ccc1C. The van der Waals surface area contributed by atoms with E-state index in [1.54, 1.807) is 17.8 Å². The number of benzene rings is 2. The molecule has 0 radical (unpaired) electrons. The van der Waals surface area contributed by atoms with Gasteiger partial charge < -0.3 is 5.32 Å². The number of aryl methyl sites for hydroxylation is 1. The molecule has 2 aromatic rings. The zero-order chi connectivity index (χ0) is 13.8. The molecule has 2 aromatic carbocycles. The number of thioether (sulfide) groups is 1. The van der Waals surface area contributed by atoms with E-state index in [1.165, 1.54) is 0 Å². The van der Waals surface area contributed by atoms with Gasteiger partial charge in [-0.3, -0.25) is 4.79 Å². The van der Waals surface area contributed by atoms with Crippen LogP contribution >= 0.6 is 24.4 Å². The molecule has 2 rings (SSSR count). The summed E-state index contributed by atoms with van der Waals surface area (Å²) in [5.74, 6) is -0.102. The van der Waals surface area contributed by atoms with Crippen LogP contribution in [0.25, 0.3) is 0 Å². The maximum atomic E-state index is 12.3. The Labute approximate surface area is 123 Å². The first kappa shape index (κ1) is 14.0. The number of hydrogen-bond acceptors (Lipinski definition) is 3. The molecule has 0 saturated carbocycles. The Morgan fingerprint density at radius 1 is 1.21 bits per heavy atom. The molecule has 2 nitrogen and oxygen atoms in total. The van der Waals surface area contributed by atoms with Gasteiger partial charge in [-0.15, -0.1) is 24.4 Å². The van der Waals surface area contributed by atoms with Gasteiger partial charge in [0.2, 0.25) is 0 Å². The number of carbonyl (C=O) groups excluding carboxylic acids is 1. The van der Waals surface area contributed by atoms with Crippen LogP contribution in [0.3, 0.4) is 0 Å². The monoisotopic (exact) mass is 289 g/mol. The second kappa shape index (κ2) is 6.17. The summed E-state index contributed by atoms with van der Waals surface area (Å²) in [7, 11) is 0. The highest BCUT2D eigenvalue weighted by Crippen LogP contribution is 2.25. The van der Waals surface area contributed by atoms with Crippen molar-refractivity contribution >= 4 is 36.0 Å². The van der Waals surface area contributed by atoms with Gasteiger partial charge in [0.05, 0.1) is 5.69 Å². The minimum Gasteiger partial charge on any atom is -0.321 e. The summed E-state index contributed by atoms with van der Waals surface area (Å²) in [6.07, 6.45) is 1.99. The number of nitrogens with one attached hydrogen (secondary N) is 1. The minimum atomic E-state index is -0.102. The van der Waals surface area contributed by atoms with E-state index in [0.29, 0.717) is 5.56 Å². The Morgan fingerprint density at radius 3 is 2.68 bits per heavy atom. The second-order valence-corrected chi connectivity index (χ2v) is 5.52. The zero-order valence-corrected chi connectivity index (χ0v) is 12.5. The first-order valence-corrected chi connectivity index (χ1v) is 7.53. The van der Waals surface area contributed by atoms with Gasteiger partial charge in [-0.25, -0.2) is 0 Å². The number of rotatable bonds is 3. The summed E-state index contributed by atoms with van der Waals surface area (Å²) in [5, 5.41) is 2.95. The fraction of sp³-hybridized carbons (Fsp3) is 0.133. The molecule has 4 heteroatoms. The lowest BCUT2D eigenvalue weighted by molar-refractivity contribution is 0.102. The van der Waals surface area contributed by atoms with Gasteiger partial charge in [0, 0.05) is 15.4 Å². The molecule has 0 aliphatic rings. The Bertz CT molecular complexity index is 611. The summed E-state index contributed by atoms with van der Waals surface area (Å²) >= 11 is 5.89. The maximum Gasteiger partial charge on any atom is 0.255 e. The molecule has 19 heavy (non-hydrogen) atoms. The van der Waals surface area contributed by atoms with E-state index in [2.05, 4.69) is 17.9 Å². The highest BCUT2D eigenvalue weighted by Gasteiger charge is 2.11. The van der Waals surface area contributed by atoms with Crippen molar-refractivity contribution in [1.29, 1.82) is 0 Å². The molecule has 0 bridgehead atoms. The number of para-hydroxylation sites is 1. The third-order valence-electron chi connectivity index (χ3n) is 2.82. The van der Waals surface area contributed by atoms with Crippen LogP contribution in [0.15, 0.2) is 52.3 Å². The van der Waals surface area contributed by atoms with Gasteiger partial charge in [0.1, 0.15) is 0 Å². The van der Waals surface area contributed by atoms with E-state index in [1.807, 2.05) is 49.6 Å². The Balaban J connectivity index is 2.28. The highest BCUT2D eigenvalue weighted by molar-refractivity contribution is 7.98. The lowest BCUT2D eigenvalue weighted by atomic mass is 10.1. The zero-order valence-electron chi connectivity index (χ0n) is 10.8. The average molecular weight is 289 g/mol. The fourth-order valence-corrected chi connectivity index (χ4v) is 2.55. The largest absolute Gasteiger partial charge is 0.321 e. The molecule has 0 saturated heterocycles. The van der Waals surface area contributed by atoms with Crippen LogP contribution in [-0.4, -0.2) is 12.2 Å². The van der Waals surface area contributed by atoms with E-state index in [4.69, 9.17) is 0 Å². The number of thiol groups is 1. The second-order valence-electron chi connectivity index (χ2n) is 4.15. The van der Waals surface area contributed by atoms with E-state index in [0.717, 1.165) is 21.0 Å². The lowest BCUT2D eigenvalue weighted by Gasteiger charge is -2.11. The maximum absolute atomic E-state index is 12.3. The standard InChI is InChI=1S/C15H15NOS2/c1-10-7-8-11(18)9-12(10)15(17)16-13-5-3-4-6-14(13)19-2/h3-9,18H,1-2H3,(H,16,17). The van der Waals surface area contributed by atoms with Crippen molar-refractivity contribution in [2.75, 3.05) is 11.6 Å². The van der Waals surface area contributed by atoms with Crippen molar-refractivity contribution in [2.24, 2.45) is 0 Å². The van der Waals surface area contributed by atoms with Crippen LogP contribution in [-0.2, 0) is 0 Å². The molecule has 0 unspecified atom stereocenters. The van der Waals surface area contributed by atoms with E-state index in [-0.39, 0.29) is 5.91 Å². The van der Waals surface area contributed by atoms with Crippen LogP contribution in [0.2, 0.25) is 0 Å². The Kier molecular flexibility index (Phi) is 4.56. The third-order valence-corrected chi connectivity index (χ3v) is 3.89. The quantitative estimate of drug-likeness (QED) is 0.653. The molecule has 0 heterocycles. The van der Waals surface area contributed by atoms with Gasteiger partial charge >= 0.3 is 0 Å². The van der Waals surface area contributed by atoms with Crippen LogP contribution in [0.5, 0.6) is 0 Å². The lowest BCUT2D eigenvalue weighted by Crippen LogP contribution is -2.14. The predicted octanol–water partition coefficient (Wildman–Crippen LogP) is 4.26. The van der Waals surface area contributed by atoms with Crippen LogP contribution < -0.4 is 5.32 Å². The fourth-order valence-electron chi connectivity index (χ4n) is 1.79. The third kappa shape index (κ3) is 3.33. The Morgan fingerprint density at radius 2 is 1.95 bits per heavy atom. The van der Waals surface area contributed by atoms with Crippen molar-refractivity contribution < 1.29 is 4.79 Å². The van der Waals surface area contributed by atoms with Crippen LogP contribution in [0.4, 0.5) is 5.69 Å². The minimum absolute atomic E-state index is 0.102. The van der Waals surface area contributed by atoms with E-state index in [9.17, 15) is 4.79 Å². The summed E-state index contributed by atoms with van der Waals surface area (Å²) < 4.78 is 0. The molecule has 0 atom stereocenters. The normalized spacial score (nSPS) is 10.3. The van der Waals surface area contributed by atoms with Crippen LogP contribution in [0.1, 0.15) is 15.9 Å². The first-order chi connectivity index (χ1) is 9.11. The van der Waals surface area contributed by atoms with Crippen molar-refractivity contribution in [3.05, 3.63) is 53.6 Å². The van der Waals surface area contributed by atoms with Crippen molar-refractivity contribution in [2.45, 2.75) is 16.7 Å². The summed E-state index contributed by atoms with van der Waals surface area (Å²) in [6, 6.07) is 13.3. The highest BCUT2D eigenvalue weighted by atomic mass is 32.2. The average Bonchev–Trinajstić information content (AvgIpc) is 2.42. The van der Waals surface area contributed by atoms with E-state index < -0.39 is 0 Å². The summed E-state index contributed by atoms with van der Waals surface area (Å²) in [5.41, 5.74) is 2.43. The van der Waals surface area contributed by atoms with Crippen LogP contribution in [0, 0.1) is 6.92 Å². The molecular weight excluding hydrogens is 274 g/mol. The molecule has 0 spiro atoms. The molecule has 0 aliphatic heterocycles. The van der Waals surface area contributed by atoms with Gasteiger partial charge in [-0.05, 0) is 43.0 Å². The van der Waals surface area contributed by atoms with Crippen molar-refractivity contribution in [1.82, 2.24) is 0 Å². The van der Waals surface area contributed by atoms with Crippen molar-refractivity contribution in [3.63, 3.8) is 0 Å². The summed E-state index contributed by atoms with van der Waals surface area (Å²) in [4.78, 5) is 14.1. The number of amides is 1. The Hall–Kier alpha value is -1.39. The van der Waals surface area contributed by atoms with Gasteiger partial charge in [0.15, 0.2) is 0 Å². The van der Waals surface area contributed by atoms with Gasteiger partial charge in [0.25, 0.3) is 5.91 Å². The van der Waals surface area contributed by atoms with E-state index >= 15 is 0 Å². The molecule has 1 N–H and O–H groups in total. The molecule has 98 valence electrons. The number of hydrogen-bond donors (Lipinski definition) is 2. The molecule has 1 amide bonds. The molecular formula is C15H15NOS2. The molecule has 0 aliphatic carbocycles. The number of anilines is 1. The molecule has 0 aromatic heterocycles. The van der Waals surface area contributed by atoms with Crippen molar-refractivity contribution in [3.8, 4) is 0 Å². The molecule has 0 fully saturated rings. The smallest absolute Gasteiger partial charge is 0.255 e. The van der Waals surface area contributed by atoms with Gasteiger partial charge in [-0.1, -0.05) is 18.2 Å². The number of carbonyl (C=O) groups is 1. The van der Waals surface area contributed by atoms with Gasteiger partial charge in [-0.2, -0.15) is 0 Å².